The first-order chi connectivity index (χ1) is 12.6. The van der Waals surface area contributed by atoms with Crippen molar-refractivity contribution in [2.75, 3.05) is 31.1 Å². The van der Waals surface area contributed by atoms with E-state index in [-0.39, 0.29) is 18.4 Å². The molecule has 1 amide bonds. The van der Waals surface area contributed by atoms with Crippen LogP contribution in [-0.4, -0.2) is 57.0 Å². The fourth-order valence-electron chi connectivity index (χ4n) is 3.45. The van der Waals surface area contributed by atoms with Crippen LogP contribution in [-0.2, 0) is 18.3 Å². The second kappa shape index (κ2) is 8.44. The molecular weight excluding hydrogens is 332 g/mol. The molecule has 0 bridgehead atoms. The van der Waals surface area contributed by atoms with Crippen LogP contribution in [0, 0.1) is 5.92 Å². The van der Waals surface area contributed by atoms with Gasteiger partial charge in [-0.25, -0.2) is 9.97 Å². The van der Waals surface area contributed by atoms with Crippen LogP contribution in [0.4, 0.5) is 5.82 Å². The summed E-state index contributed by atoms with van der Waals surface area (Å²) in [6.07, 6.45) is 6.04. The molecule has 0 radical (unpaired) electrons. The number of aliphatic hydroxyl groups is 1. The van der Waals surface area contributed by atoms with Gasteiger partial charge < -0.3 is 15.3 Å². The van der Waals surface area contributed by atoms with E-state index < -0.39 is 0 Å². The number of aliphatic hydroxyl groups excluding tert-OH is 1. The molecule has 0 spiro atoms. The van der Waals surface area contributed by atoms with Crippen LogP contribution in [0.3, 0.4) is 0 Å². The van der Waals surface area contributed by atoms with Gasteiger partial charge in [-0.1, -0.05) is 6.92 Å². The predicted octanol–water partition coefficient (Wildman–Crippen LogP) is 1.03. The van der Waals surface area contributed by atoms with Gasteiger partial charge in [0.25, 0.3) is 0 Å². The molecule has 0 aliphatic carbocycles. The van der Waals surface area contributed by atoms with Gasteiger partial charge in [-0.3, -0.25) is 9.48 Å². The highest BCUT2D eigenvalue weighted by Gasteiger charge is 2.28. The zero-order valence-corrected chi connectivity index (χ0v) is 15.6. The maximum atomic E-state index is 12.4. The second-order valence-electron chi connectivity index (χ2n) is 6.87. The Morgan fingerprint density at radius 2 is 2.27 bits per heavy atom. The lowest BCUT2D eigenvalue weighted by Gasteiger charge is -2.33. The Balaban J connectivity index is 1.82. The maximum Gasteiger partial charge on any atom is 0.224 e. The molecular formula is C18H28N6O2. The number of amides is 1. The van der Waals surface area contributed by atoms with Gasteiger partial charge in [-0.15, -0.1) is 0 Å². The standard InChI is InChI=1S/C18H28N6O2/c1-3-6-15-21-16-14(11-20-23(16)2)17(22-15)24-9-4-7-13(12-24)18(26)19-8-5-10-25/h11,13,25H,3-10,12H2,1-2H3,(H,19,26)/t13-/m1/s1. The summed E-state index contributed by atoms with van der Waals surface area (Å²) in [7, 11) is 1.89. The van der Waals surface area contributed by atoms with Crippen molar-refractivity contribution in [3.05, 3.63) is 12.0 Å². The molecule has 3 rings (SSSR count). The smallest absolute Gasteiger partial charge is 0.224 e. The Hall–Kier alpha value is -2.22. The number of nitrogens with one attached hydrogen (secondary N) is 1. The zero-order valence-electron chi connectivity index (χ0n) is 15.6. The highest BCUT2D eigenvalue weighted by atomic mass is 16.3. The Morgan fingerprint density at radius 3 is 3.04 bits per heavy atom. The number of anilines is 1. The second-order valence-corrected chi connectivity index (χ2v) is 6.87. The Kier molecular flexibility index (Phi) is 6.03. The first-order valence-corrected chi connectivity index (χ1v) is 9.46. The monoisotopic (exact) mass is 360 g/mol. The molecule has 142 valence electrons. The van der Waals surface area contributed by atoms with Crippen molar-refractivity contribution in [2.24, 2.45) is 13.0 Å². The van der Waals surface area contributed by atoms with Crippen LogP contribution < -0.4 is 10.2 Å². The number of nitrogens with zero attached hydrogens (tertiary/aromatic N) is 5. The number of rotatable bonds is 7. The van der Waals surface area contributed by atoms with Crippen molar-refractivity contribution in [1.29, 1.82) is 0 Å². The Morgan fingerprint density at radius 1 is 1.42 bits per heavy atom. The third kappa shape index (κ3) is 3.95. The van der Waals surface area contributed by atoms with Crippen LogP contribution in [0.25, 0.3) is 11.0 Å². The molecule has 8 heteroatoms. The van der Waals surface area contributed by atoms with E-state index in [1.807, 2.05) is 13.2 Å². The SMILES string of the molecule is CCCc1nc(N2CCC[C@@H](C(=O)NCCCO)C2)c2cnn(C)c2n1. The average Bonchev–Trinajstić information content (AvgIpc) is 3.03. The molecule has 26 heavy (non-hydrogen) atoms. The molecule has 3 heterocycles. The molecule has 8 nitrogen and oxygen atoms in total. The molecule has 1 atom stereocenters. The van der Waals surface area contributed by atoms with E-state index in [1.54, 1.807) is 4.68 Å². The van der Waals surface area contributed by atoms with E-state index in [9.17, 15) is 4.79 Å². The van der Waals surface area contributed by atoms with Crippen molar-refractivity contribution in [3.8, 4) is 0 Å². The zero-order chi connectivity index (χ0) is 18.5. The van der Waals surface area contributed by atoms with Gasteiger partial charge in [0.1, 0.15) is 11.6 Å². The van der Waals surface area contributed by atoms with Crippen molar-refractivity contribution >= 4 is 22.8 Å². The first kappa shape index (κ1) is 18.6. The van der Waals surface area contributed by atoms with Crippen molar-refractivity contribution in [2.45, 2.75) is 39.0 Å². The van der Waals surface area contributed by atoms with Crippen LogP contribution in [0.15, 0.2) is 6.20 Å². The van der Waals surface area contributed by atoms with E-state index in [1.165, 1.54) is 0 Å². The minimum absolute atomic E-state index is 0.0567. The molecule has 1 saturated heterocycles. The quantitative estimate of drug-likeness (QED) is 0.716. The van der Waals surface area contributed by atoms with E-state index in [0.29, 0.717) is 19.5 Å². The van der Waals surface area contributed by atoms with Crippen molar-refractivity contribution in [3.63, 3.8) is 0 Å². The molecule has 2 aromatic rings. The number of carbonyl (C=O) groups excluding carboxylic acids is 1. The number of piperidine rings is 1. The van der Waals surface area contributed by atoms with Crippen molar-refractivity contribution in [1.82, 2.24) is 25.1 Å². The number of fused-ring (bicyclic) bond motifs is 1. The van der Waals surface area contributed by atoms with E-state index >= 15 is 0 Å². The number of aromatic nitrogens is 4. The topological polar surface area (TPSA) is 96.2 Å². The van der Waals surface area contributed by atoms with Gasteiger partial charge in [0.05, 0.1) is 17.5 Å². The number of carbonyl (C=O) groups is 1. The van der Waals surface area contributed by atoms with Crippen LogP contribution in [0.2, 0.25) is 0 Å². The summed E-state index contributed by atoms with van der Waals surface area (Å²) >= 11 is 0. The number of hydrogen-bond acceptors (Lipinski definition) is 6. The molecule has 1 aliphatic heterocycles. The summed E-state index contributed by atoms with van der Waals surface area (Å²) in [5.41, 5.74) is 0.841. The van der Waals surface area contributed by atoms with Crippen LogP contribution in [0.5, 0.6) is 0 Å². The van der Waals surface area contributed by atoms with Crippen LogP contribution >= 0.6 is 0 Å². The molecule has 2 aromatic heterocycles. The lowest BCUT2D eigenvalue weighted by Crippen LogP contribution is -2.43. The van der Waals surface area contributed by atoms with Gasteiger partial charge in [0.15, 0.2) is 5.65 Å². The predicted molar refractivity (Wildman–Crippen MR) is 99.9 cm³/mol. The van der Waals surface area contributed by atoms with Gasteiger partial charge in [-0.2, -0.15) is 5.10 Å². The molecule has 1 fully saturated rings. The highest BCUT2D eigenvalue weighted by Crippen LogP contribution is 2.28. The van der Waals surface area contributed by atoms with E-state index in [4.69, 9.17) is 10.1 Å². The Labute approximate surface area is 153 Å². The average molecular weight is 360 g/mol. The van der Waals surface area contributed by atoms with E-state index in [2.05, 4.69) is 27.2 Å². The fraction of sp³-hybridized carbons (Fsp3) is 0.667. The molecule has 0 saturated carbocycles. The largest absolute Gasteiger partial charge is 0.396 e. The summed E-state index contributed by atoms with van der Waals surface area (Å²) < 4.78 is 1.78. The van der Waals surface area contributed by atoms with Crippen LogP contribution in [0.1, 0.15) is 38.4 Å². The lowest BCUT2D eigenvalue weighted by molar-refractivity contribution is -0.125. The summed E-state index contributed by atoms with van der Waals surface area (Å²) in [4.78, 5) is 24.1. The fourth-order valence-corrected chi connectivity index (χ4v) is 3.45. The van der Waals surface area contributed by atoms with Crippen molar-refractivity contribution < 1.29 is 9.90 Å². The minimum atomic E-state index is -0.0567. The summed E-state index contributed by atoms with van der Waals surface area (Å²) in [6, 6.07) is 0. The summed E-state index contributed by atoms with van der Waals surface area (Å²) in [6.45, 7) is 4.26. The summed E-state index contributed by atoms with van der Waals surface area (Å²) in [5.74, 6) is 1.72. The maximum absolute atomic E-state index is 12.4. The van der Waals surface area contributed by atoms with Gasteiger partial charge in [0, 0.05) is 39.7 Å². The Bertz CT molecular complexity index is 759. The van der Waals surface area contributed by atoms with Gasteiger partial charge >= 0.3 is 0 Å². The van der Waals surface area contributed by atoms with Gasteiger partial charge in [-0.05, 0) is 25.7 Å². The molecule has 0 aromatic carbocycles. The lowest BCUT2D eigenvalue weighted by atomic mass is 9.97. The third-order valence-electron chi connectivity index (χ3n) is 4.82. The van der Waals surface area contributed by atoms with E-state index in [0.717, 1.165) is 54.9 Å². The molecule has 2 N–H and O–H groups in total. The normalized spacial score (nSPS) is 17.7. The molecule has 0 unspecified atom stereocenters. The first-order valence-electron chi connectivity index (χ1n) is 9.46. The third-order valence-corrected chi connectivity index (χ3v) is 4.82. The summed E-state index contributed by atoms with van der Waals surface area (Å²) in [5, 5.41) is 17.1. The number of aryl methyl sites for hydroxylation is 2. The minimum Gasteiger partial charge on any atom is -0.396 e. The number of hydrogen-bond donors (Lipinski definition) is 2. The highest BCUT2D eigenvalue weighted by molar-refractivity contribution is 5.87. The van der Waals surface area contributed by atoms with Gasteiger partial charge in [0.2, 0.25) is 5.91 Å². The molecule has 1 aliphatic rings.